The molecule has 4 heterocycles. The van der Waals surface area contributed by atoms with Gasteiger partial charge in [-0.15, -0.1) is 0 Å². The molecule has 4 aromatic rings. The number of aromatic nitrogens is 4. The number of aliphatic hydroxyl groups excluding tert-OH is 1. The second-order valence-electron chi connectivity index (χ2n) is 8.40. The van der Waals surface area contributed by atoms with Crippen LogP contribution in [0.1, 0.15) is 38.8 Å². The maximum Gasteiger partial charge on any atom is 0.315 e. The van der Waals surface area contributed by atoms with E-state index in [0.29, 0.717) is 0 Å². The third kappa shape index (κ3) is 4.21. The van der Waals surface area contributed by atoms with E-state index in [1.807, 2.05) is 81.0 Å². The van der Waals surface area contributed by atoms with Crippen molar-refractivity contribution in [3.63, 3.8) is 0 Å². The highest BCUT2D eigenvalue weighted by molar-refractivity contribution is 5.82. The number of carbonyl (C=O) groups excluding carboxylic acids is 1. The van der Waals surface area contributed by atoms with E-state index >= 15 is 0 Å². The van der Waals surface area contributed by atoms with Crippen molar-refractivity contribution in [2.75, 3.05) is 13.7 Å². The van der Waals surface area contributed by atoms with E-state index in [9.17, 15) is 9.90 Å². The number of fused-ring (bicyclic) bond motifs is 2. The first-order valence-corrected chi connectivity index (χ1v) is 9.76. The summed E-state index contributed by atoms with van der Waals surface area (Å²) in [6.45, 7) is 7.84. The van der Waals surface area contributed by atoms with Gasteiger partial charge in [0.2, 0.25) is 0 Å². The molecule has 0 radical (unpaired) electrons. The number of hydrogen-bond donors (Lipinski definition) is 1. The van der Waals surface area contributed by atoms with Crippen molar-refractivity contribution in [1.29, 1.82) is 0 Å². The van der Waals surface area contributed by atoms with Crippen molar-refractivity contribution in [2.45, 2.75) is 38.5 Å². The predicted octanol–water partition coefficient (Wildman–Crippen LogP) is 3.39. The summed E-state index contributed by atoms with van der Waals surface area (Å²) in [6.07, 6.45) is 7.31. The summed E-state index contributed by atoms with van der Waals surface area (Å²) < 4.78 is 8.37. The molecule has 0 atom stereocenters. The summed E-state index contributed by atoms with van der Waals surface area (Å²) in [5, 5.41) is 17.5. The van der Waals surface area contributed by atoms with Crippen LogP contribution < -0.4 is 0 Å². The number of esters is 1. The molecule has 0 aliphatic rings. The normalized spacial score (nSPS) is 11.9. The zero-order valence-electron chi connectivity index (χ0n) is 18.0. The molecule has 4 aromatic heterocycles. The molecule has 0 aliphatic carbocycles. The number of hydrogen-bond acceptors (Lipinski definition) is 5. The van der Waals surface area contributed by atoms with Gasteiger partial charge < -0.3 is 9.84 Å². The van der Waals surface area contributed by atoms with Gasteiger partial charge in [-0.25, -0.2) is 9.03 Å². The Labute approximate surface area is 175 Å². The largest absolute Gasteiger partial charge is 0.468 e. The second-order valence-corrected chi connectivity index (χ2v) is 8.40. The summed E-state index contributed by atoms with van der Waals surface area (Å²) in [5.41, 5.74) is 3.19. The molecule has 0 saturated heterocycles. The van der Waals surface area contributed by atoms with Crippen LogP contribution in [0.15, 0.2) is 61.2 Å². The van der Waals surface area contributed by atoms with Crippen LogP contribution in [0.25, 0.3) is 11.0 Å². The van der Waals surface area contributed by atoms with Gasteiger partial charge in [0, 0.05) is 30.2 Å². The molecule has 0 unspecified atom stereocenters. The van der Waals surface area contributed by atoms with E-state index in [1.165, 1.54) is 7.11 Å². The highest BCUT2D eigenvalue weighted by Crippen LogP contribution is 2.25. The molecule has 0 aliphatic heterocycles. The fraction of sp³-hybridized carbons (Fsp3) is 0.348. The summed E-state index contributed by atoms with van der Waals surface area (Å²) in [4.78, 5) is 11.7. The highest BCUT2D eigenvalue weighted by Gasteiger charge is 2.31. The number of nitrogens with zero attached hydrogens (tertiary/aromatic N) is 4. The summed E-state index contributed by atoms with van der Waals surface area (Å²) in [7, 11) is 1.40. The molecule has 1 N–H and O–H groups in total. The molecule has 0 fully saturated rings. The van der Waals surface area contributed by atoms with Crippen LogP contribution in [0.4, 0.5) is 0 Å². The smallest absolute Gasteiger partial charge is 0.315 e. The van der Waals surface area contributed by atoms with Gasteiger partial charge in [0.25, 0.3) is 0 Å². The van der Waals surface area contributed by atoms with Crippen LogP contribution in [-0.2, 0) is 20.4 Å². The van der Waals surface area contributed by atoms with Crippen LogP contribution in [0.5, 0.6) is 0 Å². The number of aliphatic hydroxyl groups is 1. The van der Waals surface area contributed by atoms with Crippen LogP contribution in [-0.4, -0.2) is 44.0 Å². The number of ether oxygens (including phenoxy) is 1. The molecule has 0 amide bonds. The standard InChI is InChI=1S/C12H14N2O2.C11H14N2O/c1-12(2,11(15)16-3)9-4-5-10-6-7-13-14(10)8-9;1-11(2,8-14)9-3-4-10-5-6-12-13(10)7-9/h4-8H,1-3H3;3-7,14H,8H2,1-2H3. The van der Waals surface area contributed by atoms with E-state index < -0.39 is 5.41 Å². The molecule has 4 rings (SSSR count). The third-order valence-electron chi connectivity index (χ3n) is 5.39. The Hall–Kier alpha value is -3.19. The first-order chi connectivity index (χ1) is 14.2. The molecule has 158 valence electrons. The lowest BCUT2D eigenvalue weighted by molar-refractivity contribution is -0.146. The highest BCUT2D eigenvalue weighted by atomic mass is 16.5. The van der Waals surface area contributed by atoms with Crippen molar-refractivity contribution in [3.05, 3.63) is 72.3 Å². The quantitative estimate of drug-likeness (QED) is 0.524. The Balaban J connectivity index is 0.000000172. The van der Waals surface area contributed by atoms with Gasteiger partial charge in [-0.1, -0.05) is 26.0 Å². The van der Waals surface area contributed by atoms with Crippen molar-refractivity contribution < 1.29 is 14.6 Å². The molecular formula is C23H28N4O3. The minimum atomic E-state index is -0.658. The fourth-order valence-corrected chi connectivity index (χ4v) is 3.06. The Kier molecular flexibility index (Phi) is 5.94. The SMILES string of the molecule is CC(C)(CO)c1ccc2ccnn2c1.COC(=O)C(C)(C)c1ccc2ccnn2c1. The lowest BCUT2D eigenvalue weighted by Gasteiger charge is -2.21. The first-order valence-electron chi connectivity index (χ1n) is 9.76. The van der Waals surface area contributed by atoms with Gasteiger partial charge in [0.05, 0.1) is 30.2 Å². The zero-order valence-corrected chi connectivity index (χ0v) is 18.0. The molecule has 0 aromatic carbocycles. The van der Waals surface area contributed by atoms with Gasteiger partial charge in [0.1, 0.15) is 0 Å². The first kappa shape index (κ1) is 21.5. The van der Waals surface area contributed by atoms with Crippen LogP contribution in [0, 0.1) is 0 Å². The van der Waals surface area contributed by atoms with E-state index in [2.05, 4.69) is 10.2 Å². The van der Waals surface area contributed by atoms with Crippen molar-refractivity contribution in [3.8, 4) is 0 Å². The van der Waals surface area contributed by atoms with Crippen molar-refractivity contribution in [1.82, 2.24) is 19.2 Å². The summed E-state index contributed by atoms with van der Waals surface area (Å²) >= 11 is 0. The van der Waals surface area contributed by atoms with Gasteiger partial charge in [-0.05, 0) is 49.2 Å². The van der Waals surface area contributed by atoms with Crippen molar-refractivity contribution >= 4 is 17.0 Å². The van der Waals surface area contributed by atoms with Crippen molar-refractivity contribution in [2.24, 2.45) is 0 Å². The average molecular weight is 409 g/mol. The fourth-order valence-electron chi connectivity index (χ4n) is 3.06. The Morgan fingerprint density at radius 3 is 1.90 bits per heavy atom. The molecule has 0 spiro atoms. The number of carbonyl (C=O) groups is 1. The van der Waals surface area contributed by atoms with Gasteiger partial charge in [-0.2, -0.15) is 10.2 Å². The third-order valence-corrected chi connectivity index (χ3v) is 5.39. The molecule has 7 heteroatoms. The minimum Gasteiger partial charge on any atom is -0.468 e. The van der Waals surface area contributed by atoms with E-state index in [1.54, 1.807) is 16.9 Å². The minimum absolute atomic E-state index is 0.139. The maximum absolute atomic E-state index is 11.7. The predicted molar refractivity (Wildman–Crippen MR) is 116 cm³/mol. The van der Waals surface area contributed by atoms with Crippen LogP contribution in [0.3, 0.4) is 0 Å². The summed E-state index contributed by atoms with van der Waals surface area (Å²) in [6, 6.07) is 11.8. The molecule has 30 heavy (non-hydrogen) atoms. The van der Waals surface area contributed by atoms with Crippen LogP contribution in [0.2, 0.25) is 0 Å². The number of methoxy groups -OCH3 is 1. The lowest BCUT2D eigenvalue weighted by atomic mass is 9.86. The number of pyridine rings is 2. The number of rotatable bonds is 4. The topological polar surface area (TPSA) is 81.1 Å². The van der Waals surface area contributed by atoms with Gasteiger partial charge in [0.15, 0.2) is 0 Å². The molecule has 0 bridgehead atoms. The van der Waals surface area contributed by atoms with Crippen LogP contribution >= 0.6 is 0 Å². The Morgan fingerprint density at radius 1 is 0.900 bits per heavy atom. The molecular weight excluding hydrogens is 380 g/mol. The maximum atomic E-state index is 11.7. The monoisotopic (exact) mass is 408 g/mol. The van der Waals surface area contributed by atoms with E-state index in [0.717, 1.165) is 22.2 Å². The van der Waals surface area contributed by atoms with E-state index in [4.69, 9.17) is 4.74 Å². The van der Waals surface area contributed by atoms with Gasteiger partial charge in [-0.3, -0.25) is 4.79 Å². The Bertz CT molecular complexity index is 1160. The second kappa shape index (κ2) is 8.28. The lowest BCUT2D eigenvalue weighted by Crippen LogP contribution is -2.30. The molecule has 0 saturated carbocycles. The molecule has 7 nitrogen and oxygen atoms in total. The zero-order chi connectivity index (χ0) is 21.9. The van der Waals surface area contributed by atoms with Gasteiger partial charge >= 0.3 is 5.97 Å². The Morgan fingerprint density at radius 2 is 1.40 bits per heavy atom. The average Bonchev–Trinajstić information content (AvgIpc) is 3.41. The summed E-state index contributed by atoms with van der Waals surface area (Å²) in [5.74, 6) is -0.251. The van der Waals surface area contributed by atoms with E-state index in [-0.39, 0.29) is 18.0 Å².